The number of fused-ring (bicyclic) bond motifs is 2. The molecular weight excluding hydrogens is 382 g/mol. The van der Waals surface area contributed by atoms with Crippen molar-refractivity contribution < 1.29 is 4.79 Å². The molecule has 2 aromatic carbocycles. The summed E-state index contributed by atoms with van der Waals surface area (Å²) < 4.78 is 1.65. The fourth-order valence-electron chi connectivity index (χ4n) is 3.50. The van der Waals surface area contributed by atoms with Crippen LogP contribution >= 0.6 is 11.8 Å². The third kappa shape index (κ3) is 5.18. The van der Waals surface area contributed by atoms with Crippen LogP contribution in [-0.2, 0) is 11.3 Å². The molecule has 154 valence electrons. The molecule has 0 bridgehead atoms. The van der Waals surface area contributed by atoms with Gasteiger partial charge in [0.1, 0.15) is 0 Å². The molecule has 29 heavy (non-hydrogen) atoms. The molecule has 0 saturated carbocycles. The van der Waals surface area contributed by atoms with E-state index >= 15 is 0 Å². The van der Waals surface area contributed by atoms with E-state index < -0.39 is 0 Å². The first-order valence-electron chi connectivity index (χ1n) is 10.4. The van der Waals surface area contributed by atoms with Gasteiger partial charge in [-0.25, -0.2) is 4.98 Å². The molecule has 1 aromatic heterocycles. The van der Waals surface area contributed by atoms with Crippen LogP contribution in [0.4, 0.5) is 0 Å². The van der Waals surface area contributed by atoms with Crippen LogP contribution < -0.4 is 10.9 Å². The Hall–Kier alpha value is -2.34. The van der Waals surface area contributed by atoms with Crippen LogP contribution in [0, 0.1) is 0 Å². The van der Waals surface area contributed by atoms with Crippen LogP contribution in [0.5, 0.6) is 0 Å². The number of hydrogen-bond donors (Lipinski definition) is 1. The average molecular weight is 412 g/mol. The molecule has 0 spiro atoms. The summed E-state index contributed by atoms with van der Waals surface area (Å²) in [5.74, 6) is 0.235. The Morgan fingerprint density at radius 1 is 1.17 bits per heavy atom. The number of thioether (sulfide) groups is 1. The summed E-state index contributed by atoms with van der Waals surface area (Å²) in [6.07, 6.45) is 4.48. The maximum absolute atomic E-state index is 13.0. The van der Waals surface area contributed by atoms with Gasteiger partial charge in [0.15, 0.2) is 5.16 Å². The monoisotopic (exact) mass is 411 g/mol. The highest BCUT2D eigenvalue weighted by Gasteiger charge is 2.14. The van der Waals surface area contributed by atoms with E-state index in [0.717, 1.165) is 23.6 Å². The molecule has 1 N–H and O–H groups in total. The number of aromatic nitrogens is 2. The molecule has 0 aliphatic heterocycles. The summed E-state index contributed by atoms with van der Waals surface area (Å²) in [5, 5.41) is 6.33. The summed E-state index contributed by atoms with van der Waals surface area (Å²) in [7, 11) is 0. The summed E-state index contributed by atoms with van der Waals surface area (Å²) >= 11 is 1.32. The zero-order chi connectivity index (χ0) is 20.8. The van der Waals surface area contributed by atoms with Crippen molar-refractivity contribution in [3.63, 3.8) is 0 Å². The number of amides is 1. The highest BCUT2D eigenvalue weighted by atomic mass is 32.2. The predicted octanol–water partition coefficient (Wildman–Crippen LogP) is 4.75. The van der Waals surface area contributed by atoms with Crippen LogP contribution in [0.2, 0.25) is 0 Å². The normalized spacial score (nSPS) is 12.4. The average Bonchev–Trinajstić information content (AvgIpc) is 2.71. The number of nitrogens with one attached hydrogen (secondary N) is 1. The van der Waals surface area contributed by atoms with Crippen LogP contribution in [0.25, 0.3) is 21.7 Å². The Bertz CT molecular complexity index is 1060. The maximum Gasteiger partial charge on any atom is 0.262 e. The van der Waals surface area contributed by atoms with Crippen molar-refractivity contribution in [2.75, 3.05) is 5.75 Å². The highest BCUT2D eigenvalue weighted by Crippen LogP contribution is 2.22. The fraction of sp³-hybridized carbons (Fsp3) is 0.435. The van der Waals surface area contributed by atoms with Gasteiger partial charge in [0.2, 0.25) is 5.91 Å². The second kappa shape index (κ2) is 9.92. The van der Waals surface area contributed by atoms with E-state index in [2.05, 4.69) is 12.2 Å². The molecule has 1 unspecified atom stereocenters. The van der Waals surface area contributed by atoms with Gasteiger partial charge in [-0.1, -0.05) is 62.2 Å². The van der Waals surface area contributed by atoms with Gasteiger partial charge in [0, 0.05) is 12.6 Å². The van der Waals surface area contributed by atoms with Crippen molar-refractivity contribution in [1.29, 1.82) is 0 Å². The number of hydrogen-bond acceptors (Lipinski definition) is 4. The van der Waals surface area contributed by atoms with E-state index in [4.69, 9.17) is 4.98 Å². The lowest BCUT2D eigenvalue weighted by Crippen LogP contribution is -2.34. The smallest absolute Gasteiger partial charge is 0.262 e. The van der Waals surface area contributed by atoms with Gasteiger partial charge in [-0.3, -0.25) is 14.2 Å². The highest BCUT2D eigenvalue weighted by molar-refractivity contribution is 7.99. The lowest BCUT2D eigenvalue weighted by molar-refractivity contribution is -0.119. The third-order valence-electron chi connectivity index (χ3n) is 5.08. The van der Waals surface area contributed by atoms with E-state index in [1.165, 1.54) is 24.6 Å². The standard InChI is InChI=1S/C23H29N3O2S/c1-4-6-7-10-16(3)24-21(27)15-29-23-25-20-14-18-12-9-8-11-17(18)13-19(20)22(28)26(23)5-2/h8-9,11-14,16H,4-7,10,15H2,1-3H3,(H,24,27). The molecule has 5 nitrogen and oxygen atoms in total. The van der Waals surface area contributed by atoms with E-state index in [9.17, 15) is 9.59 Å². The number of unbranched alkanes of at least 4 members (excludes halogenated alkanes) is 2. The van der Waals surface area contributed by atoms with Gasteiger partial charge in [0.25, 0.3) is 5.56 Å². The Balaban J connectivity index is 1.79. The van der Waals surface area contributed by atoms with Crippen molar-refractivity contribution in [3.05, 3.63) is 46.8 Å². The molecule has 0 radical (unpaired) electrons. The minimum absolute atomic E-state index is 0.0190. The zero-order valence-corrected chi connectivity index (χ0v) is 18.2. The molecule has 0 aliphatic rings. The van der Waals surface area contributed by atoms with Gasteiger partial charge >= 0.3 is 0 Å². The van der Waals surface area contributed by atoms with Crippen molar-refractivity contribution in [1.82, 2.24) is 14.9 Å². The van der Waals surface area contributed by atoms with Gasteiger partial charge < -0.3 is 5.32 Å². The minimum Gasteiger partial charge on any atom is -0.353 e. The van der Waals surface area contributed by atoms with Crippen LogP contribution in [0.1, 0.15) is 46.5 Å². The number of nitrogens with zero attached hydrogens (tertiary/aromatic N) is 2. The Morgan fingerprint density at radius 2 is 1.90 bits per heavy atom. The summed E-state index contributed by atoms with van der Waals surface area (Å²) in [6, 6.07) is 12.0. The molecule has 1 amide bonds. The predicted molar refractivity (Wildman–Crippen MR) is 122 cm³/mol. The molecule has 3 aromatic rings. The molecule has 6 heteroatoms. The number of benzene rings is 2. The Kier molecular flexibility index (Phi) is 7.31. The molecule has 3 rings (SSSR count). The SMILES string of the molecule is CCCCCC(C)NC(=O)CSc1nc2cc3ccccc3cc2c(=O)n1CC. The minimum atomic E-state index is -0.0564. The topological polar surface area (TPSA) is 64.0 Å². The number of rotatable bonds is 9. The van der Waals surface area contributed by atoms with Gasteiger partial charge in [0.05, 0.1) is 16.7 Å². The van der Waals surface area contributed by atoms with Crippen molar-refractivity contribution in [2.24, 2.45) is 0 Å². The lowest BCUT2D eigenvalue weighted by atomic mass is 10.1. The summed E-state index contributed by atoms with van der Waals surface area (Å²) in [5.41, 5.74) is 0.619. The zero-order valence-electron chi connectivity index (χ0n) is 17.4. The molecule has 0 fully saturated rings. The van der Waals surface area contributed by atoms with E-state index in [0.29, 0.717) is 22.6 Å². The first-order chi connectivity index (χ1) is 14.0. The number of carbonyl (C=O) groups excluding carboxylic acids is 1. The maximum atomic E-state index is 13.0. The van der Waals surface area contributed by atoms with Crippen LogP contribution in [0.3, 0.4) is 0 Å². The summed E-state index contributed by atoms with van der Waals surface area (Å²) in [6.45, 7) is 6.66. The van der Waals surface area contributed by atoms with E-state index in [1.54, 1.807) is 4.57 Å². The summed E-state index contributed by atoms with van der Waals surface area (Å²) in [4.78, 5) is 30.1. The molecular formula is C23H29N3O2S. The van der Waals surface area contributed by atoms with Crippen molar-refractivity contribution >= 4 is 39.3 Å². The largest absolute Gasteiger partial charge is 0.353 e. The molecule has 0 aliphatic carbocycles. The third-order valence-corrected chi connectivity index (χ3v) is 6.06. The van der Waals surface area contributed by atoms with Crippen LogP contribution in [-0.4, -0.2) is 27.3 Å². The second-order valence-corrected chi connectivity index (χ2v) is 8.36. The van der Waals surface area contributed by atoms with E-state index in [-0.39, 0.29) is 23.3 Å². The second-order valence-electron chi connectivity index (χ2n) is 7.41. The molecule has 1 heterocycles. The first kappa shape index (κ1) is 21.4. The Labute approximate surface area is 175 Å². The van der Waals surface area contributed by atoms with E-state index in [1.807, 2.05) is 50.2 Å². The number of carbonyl (C=O) groups is 1. The van der Waals surface area contributed by atoms with Crippen molar-refractivity contribution in [3.8, 4) is 0 Å². The quantitative estimate of drug-likeness (QED) is 0.239. The van der Waals surface area contributed by atoms with Crippen LogP contribution in [0.15, 0.2) is 46.3 Å². The molecule has 0 saturated heterocycles. The molecule has 1 atom stereocenters. The van der Waals surface area contributed by atoms with Gasteiger partial charge in [-0.05, 0) is 43.2 Å². The fourth-order valence-corrected chi connectivity index (χ4v) is 4.37. The van der Waals surface area contributed by atoms with Crippen molar-refractivity contribution in [2.45, 2.75) is 64.2 Å². The van der Waals surface area contributed by atoms with Gasteiger partial charge in [-0.15, -0.1) is 0 Å². The Morgan fingerprint density at radius 3 is 2.59 bits per heavy atom. The lowest BCUT2D eigenvalue weighted by Gasteiger charge is -2.15. The first-order valence-corrected chi connectivity index (χ1v) is 11.4. The van der Waals surface area contributed by atoms with Gasteiger partial charge in [-0.2, -0.15) is 0 Å².